The van der Waals surface area contributed by atoms with Gasteiger partial charge in [0.25, 0.3) is 0 Å². The van der Waals surface area contributed by atoms with E-state index in [-0.39, 0.29) is 10.9 Å². The average Bonchev–Trinajstić information content (AvgIpc) is 3.33. The third-order valence-electron chi connectivity index (χ3n) is 6.08. The number of hydrogen-bond acceptors (Lipinski definition) is 6. The fourth-order valence-corrected chi connectivity index (χ4v) is 6.43. The first-order valence-corrected chi connectivity index (χ1v) is 11.3. The van der Waals surface area contributed by atoms with Crippen molar-refractivity contribution >= 4 is 10.0 Å². The van der Waals surface area contributed by atoms with Crippen molar-refractivity contribution < 1.29 is 12.9 Å². The molecule has 2 unspecified atom stereocenters. The van der Waals surface area contributed by atoms with E-state index < -0.39 is 10.0 Å². The number of aryl methyl sites for hydroxylation is 2. The molecule has 0 radical (unpaired) electrons. The molecule has 3 heterocycles. The Hall–Kier alpha value is -1.74. The van der Waals surface area contributed by atoms with E-state index in [1.54, 1.807) is 18.2 Å². The quantitative estimate of drug-likeness (QED) is 0.791. The van der Waals surface area contributed by atoms with Crippen LogP contribution in [0.5, 0.6) is 0 Å². The van der Waals surface area contributed by atoms with Crippen molar-refractivity contribution in [2.75, 3.05) is 32.7 Å². The number of hydrogen-bond donors (Lipinski definition) is 1. The Morgan fingerprint density at radius 3 is 2.36 bits per heavy atom. The van der Waals surface area contributed by atoms with Crippen LogP contribution in [0.25, 0.3) is 0 Å². The second kappa shape index (κ2) is 7.59. The number of nitrogens with zero attached hydrogens (tertiary/aromatic N) is 3. The number of aromatic nitrogens is 1. The van der Waals surface area contributed by atoms with Crippen LogP contribution in [0.3, 0.4) is 0 Å². The molecule has 4 rings (SSSR count). The number of sulfonamides is 1. The van der Waals surface area contributed by atoms with Crippen LogP contribution in [0.1, 0.15) is 29.5 Å². The van der Waals surface area contributed by atoms with E-state index in [0.29, 0.717) is 36.4 Å². The topological polar surface area (TPSA) is 92.7 Å². The maximum atomic E-state index is 13.0. The molecule has 0 amide bonds. The Morgan fingerprint density at radius 2 is 1.79 bits per heavy atom. The fraction of sp³-hybridized carbons (Fsp3) is 0.550. The molecular formula is C20H28N4O3S. The van der Waals surface area contributed by atoms with E-state index in [2.05, 4.69) is 22.2 Å². The summed E-state index contributed by atoms with van der Waals surface area (Å²) in [4.78, 5) is 2.66. The lowest BCUT2D eigenvalue weighted by molar-refractivity contribution is 0.285. The summed E-state index contributed by atoms with van der Waals surface area (Å²) < 4.78 is 32.7. The summed E-state index contributed by atoms with van der Waals surface area (Å²) in [5.41, 5.74) is 7.92. The summed E-state index contributed by atoms with van der Waals surface area (Å²) in [5.74, 6) is 1.12. The number of benzene rings is 1. The van der Waals surface area contributed by atoms with E-state index in [4.69, 9.17) is 10.3 Å². The molecule has 1 aromatic carbocycles. The van der Waals surface area contributed by atoms with E-state index in [1.807, 2.05) is 18.2 Å². The molecule has 3 atom stereocenters. The van der Waals surface area contributed by atoms with Crippen molar-refractivity contribution in [3.05, 3.63) is 47.3 Å². The number of likely N-dealkylation sites (tertiary alicyclic amines) is 1. The first-order chi connectivity index (χ1) is 13.4. The Bertz CT molecular complexity index is 895. The molecule has 0 bridgehead atoms. The van der Waals surface area contributed by atoms with Gasteiger partial charge in [-0.25, -0.2) is 8.42 Å². The minimum atomic E-state index is -3.54. The highest BCUT2D eigenvalue weighted by atomic mass is 32.2. The van der Waals surface area contributed by atoms with Gasteiger partial charge in [-0.1, -0.05) is 35.5 Å². The number of nitrogens with two attached hydrogens (primary N) is 1. The van der Waals surface area contributed by atoms with Crippen molar-refractivity contribution in [3.63, 3.8) is 0 Å². The van der Waals surface area contributed by atoms with Crippen LogP contribution in [0, 0.1) is 25.7 Å². The Kier molecular flexibility index (Phi) is 5.30. The van der Waals surface area contributed by atoms with Gasteiger partial charge >= 0.3 is 0 Å². The van der Waals surface area contributed by atoms with Gasteiger partial charge in [-0.3, -0.25) is 0 Å². The third kappa shape index (κ3) is 3.61. The Balaban J connectivity index is 1.34. The standard InChI is InChI=1S/C20H28N4O3S/c1-14-20(15(2)27-22-14)28(25,26)24-12-17-10-23(11-18(17)13-24)9-8-19(21)16-6-4-3-5-7-16/h3-7,17-19H,8-13,21H2,1-2H3/t17?,18?,19-/m0/s1. The van der Waals surface area contributed by atoms with Gasteiger partial charge < -0.3 is 15.2 Å². The molecule has 2 N–H and O–H groups in total. The van der Waals surface area contributed by atoms with Gasteiger partial charge in [-0.05, 0) is 44.2 Å². The highest BCUT2D eigenvalue weighted by Gasteiger charge is 2.45. The molecule has 2 aliphatic rings. The smallest absolute Gasteiger partial charge is 0.248 e. The zero-order valence-corrected chi connectivity index (χ0v) is 17.2. The van der Waals surface area contributed by atoms with Crippen LogP contribution in [0.2, 0.25) is 0 Å². The van der Waals surface area contributed by atoms with E-state index >= 15 is 0 Å². The number of fused-ring (bicyclic) bond motifs is 1. The Morgan fingerprint density at radius 1 is 1.14 bits per heavy atom. The van der Waals surface area contributed by atoms with Crippen LogP contribution in [0.15, 0.2) is 39.8 Å². The molecule has 0 saturated carbocycles. The largest absolute Gasteiger partial charge is 0.360 e. The maximum absolute atomic E-state index is 13.0. The zero-order chi connectivity index (χ0) is 19.9. The van der Waals surface area contributed by atoms with Gasteiger partial charge in [0, 0.05) is 32.2 Å². The summed E-state index contributed by atoms with van der Waals surface area (Å²) in [6, 6.07) is 10.2. The van der Waals surface area contributed by atoms with E-state index in [9.17, 15) is 8.42 Å². The lowest BCUT2D eigenvalue weighted by atomic mass is 10.0. The van der Waals surface area contributed by atoms with Gasteiger partial charge in [0.05, 0.1) is 0 Å². The molecule has 2 saturated heterocycles. The monoisotopic (exact) mass is 404 g/mol. The molecule has 2 aromatic rings. The van der Waals surface area contributed by atoms with Crippen molar-refractivity contribution in [2.24, 2.45) is 17.6 Å². The Labute approximate surface area is 166 Å². The van der Waals surface area contributed by atoms with Crippen molar-refractivity contribution in [1.29, 1.82) is 0 Å². The molecule has 0 aliphatic carbocycles. The summed E-state index contributed by atoms with van der Waals surface area (Å²) in [6.45, 7) is 7.27. The molecule has 0 spiro atoms. The second-order valence-electron chi connectivity index (χ2n) is 8.06. The maximum Gasteiger partial charge on any atom is 0.248 e. The highest BCUT2D eigenvalue weighted by molar-refractivity contribution is 7.89. The molecule has 8 heteroatoms. The van der Waals surface area contributed by atoms with Gasteiger partial charge in [0.2, 0.25) is 10.0 Å². The molecular weight excluding hydrogens is 376 g/mol. The normalized spacial score (nSPS) is 24.5. The van der Waals surface area contributed by atoms with Crippen LogP contribution in [-0.2, 0) is 10.0 Å². The lowest BCUT2D eigenvalue weighted by Crippen LogP contribution is -2.34. The van der Waals surface area contributed by atoms with Crippen LogP contribution < -0.4 is 5.73 Å². The molecule has 2 aliphatic heterocycles. The van der Waals surface area contributed by atoms with Gasteiger partial charge in [0.15, 0.2) is 5.76 Å². The van der Waals surface area contributed by atoms with Gasteiger partial charge in [-0.2, -0.15) is 4.31 Å². The van der Waals surface area contributed by atoms with E-state index in [0.717, 1.165) is 26.1 Å². The summed E-state index contributed by atoms with van der Waals surface area (Å²) in [5, 5.41) is 3.80. The van der Waals surface area contributed by atoms with E-state index in [1.165, 1.54) is 5.56 Å². The molecule has 28 heavy (non-hydrogen) atoms. The molecule has 1 aromatic heterocycles. The fourth-order valence-electron chi connectivity index (χ4n) is 4.59. The first-order valence-electron chi connectivity index (χ1n) is 9.82. The molecule has 7 nitrogen and oxygen atoms in total. The van der Waals surface area contributed by atoms with Crippen molar-refractivity contribution in [3.8, 4) is 0 Å². The van der Waals surface area contributed by atoms with Crippen LogP contribution in [-0.4, -0.2) is 55.5 Å². The SMILES string of the molecule is Cc1noc(C)c1S(=O)(=O)N1CC2CN(CC[C@H](N)c3ccccc3)CC2C1. The average molecular weight is 405 g/mol. The third-order valence-corrected chi connectivity index (χ3v) is 8.15. The van der Waals surface area contributed by atoms with Crippen LogP contribution >= 0.6 is 0 Å². The minimum Gasteiger partial charge on any atom is -0.360 e. The lowest BCUT2D eigenvalue weighted by Gasteiger charge is -2.22. The summed E-state index contributed by atoms with van der Waals surface area (Å²) >= 11 is 0. The van der Waals surface area contributed by atoms with Crippen molar-refractivity contribution in [1.82, 2.24) is 14.4 Å². The predicted octanol–water partition coefficient (Wildman–Crippen LogP) is 1.93. The van der Waals surface area contributed by atoms with Crippen LogP contribution in [0.4, 0.5) is 0 Å². The van der Waals surface area contributed by atoms with Gasteiger partial charge in [-0.15, -0.1) is 0 Å². The van der Waals surface area contributed by atoms with Crippen molar-refractivity contribution in [2.45, 2.75) is 31.2 Å². The zero-order valence-electron chi connectivity index (χ0n) is 16.4. The molecule has 152 valence electrons. The molecule has 2 fully saturated rings. The number of rotatable bonds is 6. The predicted molar refractivity (Wildman–Crippen MR) is 106 cm³/mol. The minimum absolute atomic E-state index is 0.0399. The summed E-state index contributed by atoms with van der Waals surface area (Å²) in [7, 11) is -3.54. The second-order valence-corrected chi connectivity index (χ2v) is 9.94. The summed E-state index contributed by atoms with van der Waals surface area (Å²) in [6.07, 6.45) is 0.907. The van der Waals surface area contributed by atoms with Gasteiger partial charge in [0.1, 0.15) is 10.6 Å². The highest BCUT2D eigenvalue weighted by Crippen LogP contribution is 2.35. The first kappa shape index (κ1) is 19.6.